The van der Waals surface area contributed by atoms with Crippen molar-refractivity contribution in [3.63, 3.8) is 0 Å². The Morgan fingerprint density at radius 1 is 0.455 bits per heavy atom. The Balaban J connectivity index is -0.000000808. The molecule has 1 heterocycles. The second-order valence-corrected chi connectivity index (χ2v) is 26.5. The van der Waals surface area contributed by atoms with E-state index < -0.39 is 0 Å². The summed E-state index contributed by atoms with van der Waals surface area (Å²) in [7, 11) is 0. The lowest BCUT2D eigenvalue weighted by atomic mass is 9.81. The molecule has 3 heteroatoms. The molecule has 2 atom stereocenters. The zero-order valence-electron chi connectivity index (χ0n) is 49.4. The summed E-state index contributed by atoms with van der Waals surface area (Å²) in [5, 5.41) is 4.92. The van der Waals surface area contributed by atoms with Gasteiger partial charge in [-0.2, -0.15) is 0 Å². The highest BCUT2D eigenvalue weighted by Gasteiger charge is 2.19. The van der Waals surface area contributed by atoms with Gasteiger partial charge in [-0.05, 0) is 88.6 Å². The van der Waals surface area contributed by atoms with Crippen LogP contribution in [0.5, 0.6) is 0 Å². The maximum atomic E-state index is 12.9. The van der Waals surface area contributed by atoms with Gasteiger partial charge in [0.2, 0.25) is 0 Å². The Bertz CT molecular complexity index is 1530. The predicted octanol–water partition coefficient (Wildman–Crippen LogP) is 21.5. The summed E-state index contributed by atoms with van der Waals surface area (Å²) in [4.78, 5) is 17.6. The number of nitrogens with one attached hydrogen (secondary N) is 1. The van der Waals surface area contributed by atoms with E-state index in [1.807, 2.05) is 48.5 Å². The number of benzene rings is 2. The van der Waals surface area contributed by atoms with E-state index >= 15 is 0 Å². The minimum Gasteiger partial charge on any atom is -0.352 e. The van der Waals surface area contributed by atoms with E-state index in [1.54, 1.807) is 0 Å². The molecule has 0 radical (unpaired) electrons. The van der Waals surface area contributed by atoms with Crippen LogP contribution in [-0.4, -0.2) is 17.4 Å². The molecular weight excluding hydrogens is 801 g/mol. The van der Waals surface area contributed by atoms with Gasteiger partial charge in [-0.1, -0.05) is 274 Å². The second-order valence-electron chi connectivity index (χ2n) is 26.5. The van der Waals surface area contributed by atoms with Crippen molar-refractivity contribution < 1.29 is 4.79 Å². The van der Waals surface area contributed by atoms with E-state index in [0.29, 0.717) is 39.0 Å². The molecule has 386 valence electrons. The predicted molar refractivity (Wildman–Crippen MR) is 304 cm³/mol. The standard InChI is InChI=1S/C22H26N2O.2C9H20.2C8H18.C7H16/c1-22(2,3)14-8-9-15-23-21(25)20-16-10-4-6-12-18(16)24-19-13-7-5-11-17(19)20;2*1-5-6-7-8-9(2,3)4;2*1-6-7(2)8(3,4)5;1-5-6-7(2,3)4/h4-7,10-13H,8-9,14-15H2,1-3H3,(H,23,25);2*5-8H2,1-4H3;2*7H,6H2,1-5H3;5-6H2,1-4H3/t;;;2*7-;/m...10./s1. The van der Waals surface area contributed by atoms with Crippen LogP contribution in [0, 0.1) is 44.3 Å². The SMILES string of the molecule is CC(C)(C)CCCCNC(=O)c1c2ccccc2nc2ccccc12.CCCC(C)(C)C.CCCCCC(C)(C)C.CCCCCC(C)(C)C.CC[C@@H](C)C(C)(C)C.CC[C@H](C)C(C)(C)C. The molecule has 0 saturated carbocycles. The van der Waals surface area contributed by atoms with Gasteiger partial charge in [-0.15, -0.1) is 0 Å². The molecule has 1 aromatic heterocycles. The monoisotopic (exact) mass is 919 g/mol. The minimum atomic E-state index is -0.00874. The van der Waals surface area contributed by atoms with Crippen LogP contribution in [0.1, 0.15) is 280 Å². The van der Waals surface area contributed by atoms with E-state index in [2.05, 4.69) is 183 Å². The number of carbonyl (C=O) groups excluding carboxylic acids is 1. The molecule has 0 unspecified atom stereocenters. The number of rotatable bonds is 14. The van der Waals surface area contributed by atoms with E-state index in [-0.39, 0.29) is 5.91 Å². The van der Waals surface area contributed by atoms with Crippen LogP contribution >= 0.6 is 0 Å². The van der Waals surface area contributed by atoms with Crippen LogP contribution in [0.2, 0.25) is 0 Å². The molecule has 2 aromatic carbocycles. The van der Waals surface area contributed by atoms with Gasteiger partial charge >= 0.3 is 0 Å². The first kappa shape index (κ1) is 67.8. The third kappa shape index (κ3) is 38.5. The molecule has 0 spiro atoms. The van der Waals surface area contributed by atoms with Gasteiger partial charge in [0.25, 0.3) is 5.91 Å². The number of aromatic nitrogens is 1. The minimum absolute atomic E-state index is 0.00874. The van der Waals surface area contributed by atoms with E-state index in [4.69, 9.17) is 0 Å². The fraction of sp³-hybridized carbons (Fsp3) is 0.778. The van der Waals surface area contributed by atoms with Crippen molar-refractivity contribution in [1.29, 1.82) is 0 Å². The van der Waals surface area contributed by atoms with Gasteiger partial charge in [0.05, 0.1) is 16.6 Å². The van der Waals surface area contributed by atoms with Crippen LogP contribution in [0.15, 0.2) is 48.5 Å². The second kappa shape index (κ2) is 34.0. The molecule has 0 fully saturated rings. The lowest BCUT2D eigenvalue weighted by molar-refractivity contribution is 0.0956. The summed E-state index contributed by atoms with van der Waals surface area (Å²) in [6, 6.07) is 15.7. The van der Waals surface area contributed by atoms with Crippen molar-refractivity contribution in [1.82, 2.24) is 10.3 Å². The first-order valence-electron chi connectivity index (χ1n) is 27.2. The number of fused-ring (bicyclic) bond motifs is 2. The maximum absolute atomic E-state index is 12.9. The highest BCUT2D eigenvalue weighted by atomic mass is 16.1. The molecule has 66 heavy (non-hydrogen) atoms. The third-order valence-electron chi connectivity index (χ3n) is 12.7. The zero-order valence-corrected chi connectivity index (χ0v) is 49.4. The third-order valence-corrected chi connectivity index (χ3v) is 12.7. The summed E-state index contributed by atoms with van der Waals surface area (Å²) in [6.45, 7) is 57.7. The Labute approximate surface area is 415 Å². The van der Waals surface area contributed by atoms with Gasteiger partial charge in [0.15, 0.2) is 0 Å². The number of nitrogens with zero attached hydrogens (tertiary/aromatic N) is 1. The van der Waals surface area contributed by atoms with Crippen LogP contribution in [0.25, 0.3) is 21.8 Å². The summed E-state index contributed by atoms with van der Waals surface area (Å²) in [6.07, 6.45) is 19.6. The fourth-order valence-electron chi connectivity index (χ4n) is 6.94. The smallest absolute Gasteiger partial charge is 0.252 e. The van der Waals surface area contributed by atoms with Crippen LogP contribution < -0.4 is 5.32 Å². The molecule has 0 bridgehead atoms. The number of amides is 1. The van der Waals surface area contributed by atoms with Crippen molar-refractivity contribution in [2.45, 2.75) is 269 Å². The lowest BCUT2D eigenvalue weighted by Crippen LogP contribution is -2.25. The highest BCUT2D eigenvalue weighted by molar-refractivity contribution is 6.16. The number of pyridine rings is 1. The molecule has 3 nitrogen and oxygen atoms in total. The van der Waals surface area contributed by atoms with Crippen molar-refractivity contribution in [2.75, 3.05) is 6.54 Å². The quantitative estimate of drug-likeness (QED) is 0.129. The van der Waals surface area contributed by atoms with Crippen LogP contribution in [0.4, 0.5) is 0 Å². The molecule has 1 N–H and O–H groups in total. The highest BCUT2D eigenvalue weighted by Crippen LogP contribution is 2.29. The molecule has 0 aliphatic carbocycles. The fourth-order valence-corrected chi connectivity index (χ4v) is 6.94. The first-order chi connectivity index (χ1) is 30.1. The van der Waals surface area contributed by atoms with Gasteiger partial charge in [0.1, 0.15) is 0 Å². The number of unbranched alkanes of at least 4 members (excludes halogenated alkanes) is 5. The summed E-state index contributed by atoms with van der Waals surface area (Å²) in [5.74, 6) is 1.69. The molecule has 3 rings (SSSR count). The van der Waals surface area contributed by atoms with E-state index in [9.17, 15) is 4.79 Å². The Morgan fingerprint density at radius 2 is 0.773 bits per heavy atom. The first-order valence-corrected chi connectivity index (χ1v) is 27.2. The van der Waals surface area contributed by atoms with Crippen molar-refractivity contribution in [3.8, 4) is 0 Å². The zero-order chi connectivity index (χ0) is 52.0. The van der Waals surface area contributed by atoms with Gasteiger partial charge in [0, 0.05) is 17.3 Å². The Hall–Kier alpha value is -2.42. The molecular formula is C63H118N2O. The number of para-hydroxylation sites is 2. The van der Waals surface area contributed by atoms with Gasteiger partial charge < -0.3 is 5.32 Å². The molecule has 3 aromatic rings. The molecule has 0 saturated heterocycles. The van der Waals surface area contributed by atoms with E-state index in [1.165, 1.54) is 83.5 Å². The van der Waals surface area contributed by atoms with E-state index in [0.717, 1.165) is 52.0 Å². The molecule has 0 aliphatic rings. The number of hydrogen-bond acceptors (Lipinski definition) is 2. The Kier molecular flexibility index (Phi) is 34.9. The van der Waals surface area contributed by atoms with Gasteiger partial charge in [-0.3, -0.25) is 4.79 Å². The summed E-state index contributed by atoms with van der Waals surface area (Å²) < 4.78 is 0. The molecule has 1 amide bonds. The van der Waals surface area contributed by atoms with Gasteiger partial charge in [-0.25, -0.2) is 4.98 Å². The average Bonchev–Trinajstić information content (AvgIpc) is 3.18. The normalized spacial score (nSPS) is 12.9. The topological polar surface area (TPSA) is 42.0 Å². The lowest BCUT2D eigenvalue weighted by Gasteiger charge is -2.25. The number of carbonyl (C=O) groups is 1. The Morgan fingerprint density at radius 3 is 1.02 bits per heavy atom. The van der Waals surface area contributed by atoms with Crippen molar-refractivity contribution >= 4 is 27.7 Å². The van der Waals surface area contributed by atoms with Crippen LogP contribution in [0.3, 0.4) is 0 Å². The summed E-state index contributed by atoms with van der Waals surface area (Å²) in [5.41, 5.74) is 5.47. The maximum Gasteiger partial charge on any atom is 0.252 e. The number of hydrogen-bond donors (Lipinski definition) is 1. The van der Waals surface area contributed by atoms with Crippen molar-refractivity contribution in [3.05, 3.63) is 54.1 Å². The summed E-state index contributed by atoms with van der Waals surface area (Å²) >= 11 is 0. The van der Waals surface area contributed by atoms with Crippen molar-refractivity contribution in [2.24, 2.45) is 44.3 Å². The average molecular weight is 920 g/mol. The van der Waals surface area contributed by atoms with Crippen LogP contribution in [-0.2, 0) is 0 Å². The largest absolute Gasteiger partial charge is 0.352 e. The molecule has 0 aliphatic heterocycles.